The first kappa shape index (κ1) is 63.7. The summed E-state index contributed by atoms with van der Waals surface area (Å²) in [4.78, 5) is 102. The van der Waals surface area contributed by atoms with Gasteiger partial charge in [0.15, 0.2) is 5.82 Å². The molecule has 11 N–H and O–H groups in total. The number of hydrogen-bond acceptors (Lipinski definition) is 16. The van der Waals surface area contributed by atoms with Crippen LogP contribution in [-0.2, 0) is 28.8 Å². The van der Waals surface area contributed by atoms with E-state index in [1.807, 2.05) is 49.0 Å². The van der Waals surface area contributed by atoms with Crippen molar-refractivity contribution in [3.63, 3.8) is 0 Å². The van der Waals surface area contributed by atoms with E-state index in [9.17, 15) is 58.8 Å². The molecule has 4 unspecified atom stereocenters. The van der Waals surface area contributed by atoms with Crippen molar-refractivity contribution in [2.75, 3.05) is 108 Å². The summed E-state index contributed by atoms with van der Waals surface area (Å²) in [7, 11) is 7.10. The van der Waals surface area contributed by atoms with Gasteiger partial charge in [0, 0.05) is 85.0 Å². The molecule has 27 heteroatoms. The van der Waals surface area contributed by atoms with Crippen LogP contribution in [0, 0.1) is 5.82 Å². The molecule has 1 aliphatic carbocycles. The number of carboxylic acids is 4. The maximum Gasteiger partial charge on any atom is 0.323 e. The van der Waals surface area contributed by atoms with E-state index in [0.717, 1.165) is 40.5 Å². The number of carbonyl (C=O) groups is 8. The number of ether oxygens (including phenoxy) is 2. The summed E-state index contributed by atoms with van der Waals surface area (Å²) < 4.78 is 36.2. The standard InChI is InChI=1S/C58H71FN10O15S/c1-66(2)35-14-15-36-45(25-35)84-46-27-42(67(3)4)38(59)26-37(46)54(36)33-12-16-41(68(28-50(71)72)29-51(73)74)47(24-33)83-22-21-82-44-17-13-34(23-43(44)69(30-52(75)76)31-53(77)78)56(79)62-19-20-63-57(80)39(60)9-7-8-18-61-49(70)11-6-5-10-48-55-40(32-85-48)64-58(81)65-55/h12-17,23-27,39-40,48,55H,5-11,18-22,28-32,60H2,1-4H3,(H8-,61,62,63,64,65,70,71,72,73,74,75,76,77,78,79,80,81)/p+1. The second-order valence-electron chi connectivity index (χ2n) is 21.0. The van der Waals surface area contributed by atoms with Crippen molar-refractivity contribution >= 4 is 87.4 Å². The van der Waals surface area contributed by atoms with Crippen LogP contribution in [0.25, 0.3) is 33.4 Å². The molecule has 2 saturated heterocycles. The van der Waals surface area contributed by atoms with Crippen molar-refractivity contribution in [1.82, 2.24) is 31.2 Å². The van der Waals surface area contributed by atoms with Crippen LogP contribution in [0.15, 0.2) is 71.1 Å². The minimum absolute atomic E-state index is 0.00123. The summed E-state index contributed by atoms with van der Waals surface area (Å²) >= 11 is 1.84. The summed E-state index contributed by atoms with van der Waals surface area (Å²) in [6.45, 7) is -3.38. The molecule has 85 heavy (non-hydrogen) atoms. The van der Waals surface area contributed by atoms with E-state index < -0.39 is 73.7 Å². The van der Waals surface area contributed by atoms with Gasteiger partial charge < -0.3 is 81.3 Å². The molecule has 4 aliphatic rings. The zero-order chi connectivity index (χ0) is 61.5. The first-order valence-corrected chi connectivity index (χ1v) is 28.7. The lowest BCUT2D eigenvalue weighted by Crippen LogP contribution is -2.43. The third kappa shape index (κ3) is 17.4. The molecule has 456 valence electrons. The van der Waals surface area contributed by atoms with Crippen molar-refractivity contribution < 1.29 is 77.1 Å². The topological polar surface area (TPSA) is 348 Å². The Balaban J connectivity index is 0.986. The number of urea groups is 1. The molecule has 7 rings (SSSR count). The second kappa shape index (κ2) is 29.6. The maximum absolute atomic E-state index is 15.8. The van der Waals surface area contributed by atoms with Crippen LogP contribution in [0.2, 0.25) is 0 Å². The van der Waals surface area contributed by atoms with Gasteiger partial charge in [-0.15, -0.1) is 0 Å². The third-order valence-corrected chi connectivity index (χ3v) is 15.7. The average molecular weight is 1200 g/mol. The summed E-state index contributed by atoms with van der Waals surface area (Å²) in [6.07, 6.45) is 4.46. The number of nitrogens with one attached hydrogen (secondary N) is 5. The molecule has 3 aromatic rings. The zero-order valence-electron chi connectivity index (χ0n) is 47.6. The van der Waals surface area contributed by atoms with E-state index in [2.05, 4.69) is 26.6 Å². The number of amides is 5. The number of halogens is 1. The van der Waals surface area contributed by atoms with E-state index in [-0.39, 0.29) is 84.1 Å². The van der Waals surface area contributed by atoms with Crippen molar-refractivity contribution in [2.24, 2.45) is 5.73 Å². The van der Waals surface area contributed by atoms with Gasteiger partial charge in [0.1, 0.15) is 76.3 Å². The Hall–Kier alpha value is -8.85. The van der Waals surface area contributed by atoms with Crippen LogP contribution in [0.1, 0.15) is 55.3 Å². The van der Waals surface area contributed by atoms with Gasteiger partial charge in [-0.3, -0.25) is 33.6 Å². The first-order chi connectivity index (χ1) is 40.6. The zero-order valence-corrected chi connectivity index (χ0v) is 48.4. The highest BCUT2D eigenvalue weighted by atomic mass is 32.2. The predicted octanol–water partition coefficient (Wildman–Crippen LogP) is 3.04. The molecule has 0 saturated carbocycles. The van der Waals surface area contributed by atoms with Crippen molar-refractivity contribution in [1.29, 1.82) is 0 Å². The largest absolute Gasteiger partial charge is 0.488 e. The Labute approximate surface area is 493 Å². The lowest BCUT2D eigenvalue weighted by Gasteiger charge is -2.25. The number of nitrogens with two attached hydrogens (primary N) is 1. The number of carboxylic acid groups (broad SMARTS) is 4. The second-order valence-corrected chi connectivity index (χ2v) is 22.2. The molecular weight excluding hydrogens is 1130 g/mol. The quantitative estimate of drug-likeness (QED) is 0.0128. The summed E-state index contributed by atoms with van der Waals surface area (Å²) in [5.41, 5.74) is 8.69. The normalized spacial score (nSPS) is 15.5. The molecular formula is C58H72FN10O15S+. The first-order valence-electron chi connectivity index (χ1n) is 27.6. The SMILES string of the molecule is CN(C)c1ccc2c(-c3ccc(N(CC(=O)O)CC(=O)O)c(OCCOc4ccc(C(=O)NCCNC(=O)C(N)CCCCNC(=O)CCCCC5SCC6NC(=O)NC65)cc4N(CC(=O)O)CC(=O)O)c3)c3cc(F)c(=[N+](C)C)cc-3oc2c1. The number of fused-ring (bicyclic) bond motifs is 3. The summed E-state index contributed by atoms with van der Waals surface area (Å²) in [5.74, 6) is -6.00. The number of nitrogens with zero attached hydrogens (tertiary/aromatic N) is 4. The van der Waals surface area contributed by atoms with Crippen LogP contribution >= 0.6 is 11.8 Å². The van der Waals surface area contributed by atoms with Gasteiger partial charge in [-0.25, -0.2) is 9.37 Å². The molecule has 0 aromatic heterocycles. The van der Waals surface area contributed by atoms with Gasteiger partial charge in [-0.1, -0.05) is 12.5 Å². The number of anilines is 3. The van der Waals surface area contributed by atoms with E-state index in [0.29, 0.717) is 70.9 Å². The molecule has 3 aliphatic heterocycles. The van der Waals surface area contributed by atoms with Crippen molar-refractivity contribution in [3.8, 4) is 33.9 Å². The van der Waals surface area contributed by atoms with E-state index >= 15 is 4.39 Å². The molecule has 3 aromatic carbocycles. The van der Waals surface area contributed by atoms with Crippen LogP contribution in [-0.4, -0.2) is 184 Å². The lowest BCUT2D eigenvalue weighted by atomic mass is 9.93. The van der Waals surface area contributed by atoms with Crippen LogP contribution in [0.5, 0.6) is 11.5 Å². The van der Waals surface area contributed by atoms with Gasteiger partial charge >= 0.3 is 29.9 Å². The Bertz CT molecular complexity index is 3310. The minimum Gasteiger partial charge on any atom is -0.488 e. The molecule has 0 radical (unpaired) electrons. The smallest absolute Gasteiger partial charge is 0.323 e. The van der Waals surface area contributed by atoms with Gasteiger partial charge in [0.05, 0.1) is 35.6 Å². The molecule has 2 fully saturated rings. The van der Waals surface area contributed by atoms with Crippen molar-refractivity contribution in [3.05, 3.63) is 83.5 Å². The highest BCUT2D eigenvalue weighted by molar-refractivity contribution is 8.00. The maximum atomic E-state index is 15.8. The number of hydrogen-bond donors (Lipinski definition) is 10. The van der Waals surface area contributed by atoms with Crippen molar-refractivity contribution in [2.45, 2.75) is 68.3 Å². The molecule has 3 heterocycles. The molecule has 4 atom stereocenters. The molecule has 0 spiro atoms. The van der Waals surface area contributed by atoms with Crippen LogP contribution in [0.3, 0.4) is 0 Å². The third-order valence-electron chi connectivity index (χ3n) is 14.2. The number of rotatable bonds is 32. The fourth-order valence-corrected chi connectivity index (χ4v) is 11.7. The van der Waals surface area contributed by atoms with Gasteiger partial charge in [-0.2, -0.15) is 16.2 Å². The fraction of sp³-hybridized carbons (Fsp3) is 0.431. The van der Waals surface area contributed by atoms with Crippen LogP contribution in [0.4, 0.5) is 26.2 Å². The average Bonchev–Trinajstić information content (AvgIpc) is 1.92. The van der Waals surface area contributed by atoms with Crippen LogP contribution < -0.4 is 66.4 Å². The van der Waals surface area contributed by atoms with Gasteiger partial charge in [0.25, 0.3) is 5.91 Å². The number of benzene rings is 4. The Morgan fingerprint density at radius 1 is 0.765 bits per heavy atom. The fourth-order valence-electron chi connectivity index (χ4n) is 10.1. The Morgan fingerprint density at radius 2 is 1.44 bits per heavy atom. The number of carbonyl (C=O) groups excluding carboxylic acids is 4. The number of aliphatic carboxylic acids is 4. The van der Waals surface area contributed by atoms with Gasteiger partial charge in [-0.05, 0) is 86.2 Å². The highest BCUT2D eigenvalue weighted by Crippen LogP contribution is 2.44. The van der Waals surface area contributed by atoms with Gasteiger partial charge in [0.2, 0.25) is 17.2 Å². The number of unbranched alkanes of at least 4 members (excludes halogenated alkanes) is 2. The van der Waals surface area contributed by atoms with E-state index in [4.69, 9.17) is 19.6 Å². The molecule has 0 bridgehead atoms. The lowest BCUT2D eigenvalue weighted by molar-refractivity contribution is -0.138. The monoisotopic (exact) mass is 1200 g/mol. The number of thioether (sulfide) groups is 1. The van der Waals surface area contributed by atoms with E-state index in [1.165, 1.54) is 30.3 Å². The summed E-state index contributed by atoms with van der Waals surface area (Å²) in [5, 5.41) is 54.6. The summed E-state index contributed by atoms with van der Waals surface area (Å²) in [6, 6.07) is 16.3. The molecule has 5 amide bonds. The van der Waals surface area contributed by atoms with E-state index in [1.54, 1.807) is 36.9 Å². The Morgan fingerprint density at radius 3 is 2.11 bits per heavy atom. The minimum atomic E-state index is -1.40. The predicted molar refractivity (Wildman–Crippen MR) is 316 cm³/mol. The molecule has 25 nitrogen and oxygen atoms in total. The Kier molecular flexibility index (Phi) is 22.2. The highest BCUT2D eigenvalue weighted by Gasteiger charge is 2.42.